The third-order valence-corrected chi connectivity index (χ3v) is 6.91. The minimum Gasteiger partial charge on any atom is -0.354 e. The minimum atomic E-state index is -3.33. The van der Waals surface area contributed by atoms with E-state index < -0.39 is 10.0 Å². The van der Waals surface area contributed by atoms with Crippen LogP contribution in [-0.4, -0.2) is 62.1 Å². The molecular weight excluding hydrogens is 388 g/mol. The molecule has 1 aromatic heterocycles. The number of benzene rings is 1. The topological polar surface area (TPSA) is 82.6 Å². The summed E-state index contributed by atoms with van der Waals surface area (Å²) in [6.45, 7) is 6.38. The molecule has 156 valence electrons. The largest absolute Gasteiger partial charge is 0.354 e. The van der Waals surface area contributed by atoms with Crippen molar-refractivity contribution in [1.82, 2.24) is 14.6 Å². The van der Waals surface area contributed by atoms with Crippen LogP contribution in [0.25, 0.3) is 0 Å². The highest BCUT2D eigenvalue weighted by Crippen LogP contribution is 2.15. The van der Waals surface area contributed by atoms with E-state index in [0.29, 0.717) is 44.7 Å². The summed E-state index contributed by atoms with van der Waals surface area (Å²) < 4.78 is 26.8. The van der Waals surface area contributed by atoms with Gasteiger partial charge in [-0.3, -0.25) is 4.79 Å². The molecule has 0 spiro atoms. The van der Waals surface area contributed by atoms with E-state index in [1.165, 1.54) is 4.31 Å². The molecule has 1 saturated heterocycles. The molecule has 0 radical (unpaired) electrons. The van der Waals surface area contributed by atoms with Crippen molar-refractivity contribution in [2.45, 2.75) is 20.3 Å². The summed E-state index contributed by atoms with van der Waals surface area (Å²) in [4.78, 5) is 18.7. The van der Waals surface area contributed by atoms with Gasteiger partial charge in [-0.1, -0.05) is 23.3 Å². The van der Waals surface area contributed by atoms with Gasteiger partial charge in [0.15, 0.2) is 0 Å². The number of pyridine rings is 1. The maximum absolute atomic E-state index is 12.6. The second-order valence-electron chi connectivity index (χ2n) is 7.38. The van der Waals surface area contributed by atoms with E-state index in [2.05, 4.69) is 15.2 Å². The summed E-state index contributed by atoms with van der Waals surface area (Å²) >= 11 is 0. The Morgan fingerprint density at radius 2 is 1.76 bits per heavy atom. The van der Waals surface area contributed by atoms with Crippen LogP contribution in [0.5, 0.6) is 0 Å². The molecule has 2 aromatic rings. The average Bonchev–Trinajstić information content (AvgIpc) is 2.71. The molecule has 3 rings (SSSR count). The summed E-state index contributed by atoms with van der Waals surface area (Å²) in [7, 11) is -3.33. The van der Waals surface area contributed by atoms with E-state index in [1.807, 2.05) is 50.2 Å². The van der Waals surface area contributed by atoms with Gasteiger partial charge in [0.05, 0.1) is 5.75 Å². The number of amides is 1. The van der Waals surface area contributed by atoms with Gasteiger partial charge in [-0.25, -0.2) is 13.4 Å². The normalized spacial score (nSPS) is 15.3. The lowest BCUT2D eigenvalue weighted by atomic mass is 10.1. The predicted octanol–water partition coefficient (Wildman–Crippen LogP) is 1.97. The Labute approximate surface area is 172 Å². The molecule has 0 bridgehead atoms. The lowest BCUT2D eigenvalue weighted by molar-refractivity contribution is 0.0953. The van der Waals surface area contributed by atoms with Crippen molar-refractivity contribution in [1.29, 1.82) is 0 Å². The zero-order chi connectivity index (χ0) is 20.9. The number of nitrogens with zero attached hydrogens (tertiary/aromatic N) is 3. The number of anilines is 1. The molecule has 7 nitrogen and oxygen atoms in total. The number of aromatic nitrogens is 1. The smallest absolute Gasteiger partial charge is 0.251 e. The zero-order valence-electron chi connectivity index (χ0n) is 17.0. The molecule has 0 saturated carbocycles. The van der Waals surface area contributed by atoms with Crippen LogP contribution in [0.2, 0.25) is 0 Å². The van der Waals surface area contributed by atoms with Gasteiger partial charge >= 0.3 is 0 Å². The van der Waals surface area contributed by atoms with Gasteiger partial charge in [0, 0.05) is 44.5 Å². The van der Waals surface area contributed by atoms with Crippen molar-refractivity contribution >= 4 is 21.7 Å². The Kier molecular flexibility index (Phi) is 6.87. The predicted molar refractivity (Wildman–Crippen MR) is 115 cm³/mol. The van der Waals surface area contributed by atoms with E-state index in [4.69, 9.17) is 0 Å². The Balaban J connectivity index is 1.44. The summed E-state index contributed by atoms with van der Waals surface area (Å²) in [5.74, 6) is 0.737. The van der Waals surface area contributed by atoms with E-state index in [9.17, 15) is 13.2 Å². The van der Waals surface area contributed by atoms with Crippen LogP contribution in [0.1, 0.15) is 27.9 Å². The van der Waals surface area contributed by atoms with Crippen molar-refractivity contribution < 1.29 is 13.2 Å². The van der Waals surface area contributed by atoms with Crippen molar-refractivity contribution in [3.63, 3.8) is 0 Å². The van der Waals surface area contributed by atoms with Gasteiger partial charge in [-0.2, -0.15) is 4.31 Å². The molecule has 1 amide bonds. The van der Waals surface area contributed by atoms with Crippen molar-refractivity contribution in [2.24, 2.45) is 0 Å². The number of sulfonamides is 1. The van der Waals surface area contributed by atoms with E-state index in [0.717, 1.165) is 16.9 Å². The van der Waals surface area contributed by atoms with Gasteiger partial charge in [-0.05, 0) is 44.5 Å². The quantitative estimate of drug-likeness (QED) is 0.698. The molecule has 0 atom stereocenters. The summed E-state index contributed by atoms with van der Waals surface area (Å²) in [5, 5.41) is 2.82. The van der Waals surface area contributed by atoms with Crippen LogP contribution in [-0.2, 0) is 10.0 Å². The Hall–Kier alpha value is -2.45. The average molecular weight is 417 g/mol. The van der Waals surface area contributed by atoms with Crippen LogP contribution in [0.4, 0.5) is 5.82 Å². The molecule has 1 aliphatic rings. The van der Waals surface area contributed by atoms with Crippen molar-refractivity contribution in [2.75, 3.05) is 43.4 Å². The highest BCUT2D eigenvalue weighted by Gasteiger charge is 2.27. The molecule has 0 aliphatic carbocycles. The minimum absolute atomic E-state index is 0.0315. The van der Waals surface area contributed by atoms with Crippen LogP contribution in [0.3, 0.4) is 0 Å². The third-order valence-electron chi connectivity index (χ3n) is 4.95. The number of rotatable bonds is 7. The number of carbonyl (C=O) groups excluding carboxylic acids is 1. The summed E-state index contributed by atoms with van der Waals surface area (Å²) in [6.07, 6.45) is 2.13. The highest BCUT2D eigenvalue weighted by molar-refractivity contribution is 7.89. The molecule has 0 unspecified atom stereocenters. The maximum atomic E-state index is 12.6. The van der Waals surface area contributed by atoms with Crippen molar-refractivity contribution in [3.8, 4) is 0 Å². The number of carbonyl (C=O) groups is 1. The Morgan fingerprint density at radius 1 is 1.07 bits per heavy atom. The lowest BCUT2D eigenvalue weighted by Gasteiger charge is -2.34. The van der Waals surface area contributed by atoms with Gasteiger partial charge in [0.1, 0.15) is 5.82 Å². The van der Waals surface area contributed by atoms with Crippen LogP contribution >= 0.6 is 0 Å². The zero-order valence-corrected chi connectivity index (χ0v) is 17.8. The monoisotopic (exact) mass is 416 g/mol. The first kappa shape index (κ1) is 21.3. The Morgan fingerprint density at radius 3 is 2.38 bits per heavy atom. The second-order valence-corrected chi connectivity index (χ2v) is 9.46. The standard InChI is InChI=1S/C21H28N4O3S/c1-17-14-18(2)16-19(15-17)21(26)23-8-5-13-29(27,28)25-11-9-24(10-12-25)20-6-3-4-7-22-20/h3-4,6-7,14-16H,5,8-13H2,1-2H3,(H,23,26). The fourth-order valence-electron chi connectivity index (χ4n) is 3.53. The lowest BCUT2D eigenvalue weighted by Crippen LogP contribution is -2.49. The van der Waals surface area contributed by atoms with E-state index >= 15 is 0 Å². The van der Waals surface area contributed by atoms with Crippen molar-refractivity contribution in [3.05, 3.63) is 59.3 Å². The van der Waals surface area contributed by atoms with Crippen LogP contribution < -0.4 is 10.2 Å². The number of aryl methyl sites for hydroxylation is 2. The van der Waals surface area contributed by atoms with Crippen LogP contribution in [0, 0.1) is 13.8 Å². The molecular formula is C21H28N4O3S. The highest BCUT2D eigenvalue weighted by atomic mass is 32.2. The molecule has 29 heavy (non-hydrogen) atoms. The molecule has 1 aliphatic heterocycles. The van der Waals surface area contributed by atoms with Crippen LogP contribution in [0.15, 0.2) is 42.6 Å². The number of piperazine rings is 1. The van der Waals surface area contributed by atoms with Gasteiger partial charge < -0.3 is 10.2 Å². The first-order valence-corrected chi connectivity index (χ1v) is 11.5. The Bertz CT molecular complexity index is 919. The van der Waals surface area contributed by atoms with Gasteiger partial charge in [0.25, 0.3) is 5.91 Å². The molecule has 1 aromatic carbocycles. The van der Waals surface area contributed by atoms with E-state index in [1.54, 1.807) is 6.20 Å². The molecule has 2 heterocycles. The molecule has 1 N–H and O–H groups in total. The fraction of sp³-hybridized carbons (Fsp3) is 0.429. The van der Waals surface area contributed by atoms with E-state index in [-0.39, 0.29) is 11.7 Å². The first-order valence-electron chi connectivity index (χ1n) is 9.85. The fourth-order valence-corrected chi connectivity index (χ4v) is 5.02. The SMILES string of the molecule is Cc1cc(C)cc(C(=O)NCCCS(=O)(=O)N2CCN(c3ccccn3)CC2)c1. The number of nitrogens with one attached hydrogen (secondary N) is 1. The maximum Gasteiger partial charge on any atom is 0.251 e. The molecule has 8 heteroatoms. The first-order chi connectivity index (χ1) is 13.8. The summed E-state index contributed by atoms with van der Waals surface area (Å²) in [6, 6.07) is 11.4. The molecule has 1 fully saturated rings. The van der Waals surface area contributed by atoms with Gasteiger partial charge in [-0.15, -0.1) is 0 Å². The van der Waals surface area contributed by atoms with Gasteiger partial charge in [0.2, 0.25) is 10.0 Å². The summed E-state index contributed by atoms with van der Waals surface area (Å²) in [5.41, 5.74) is 2.67. The second kappa shape index (κ2) is 9.37. The number of hydrogen-bond acceptors (Lipinski definition) is 5. The third kappa shape index (κ3) is 5.77. The number of hydrogen-bond donors (Lipinski definition) is 1.